The van der Waals surface area contributed by atoms with Gasteiger partial charge in [-0.05, 0) is 9.91 Å². The van der Waals surface area contributed by atoms with E-state index >= 15 is 0 Å². The van der Waals surface area contributed by atoms with E-state index in [1.165, 1.54) is 0 Å². The Balaban J connectivity index is 3.50. The lowest BCUT2D eigenvalue weighted by Crippen LogP contribution is -2.20. The normalized spacial score (nSPS) is 10.9. The summed E-state index contributed by atoms with van der Waals surface area (Å²) in [4.78, 5) is 23.4. The molecule has 0 aliphatic carbocycles. The predicted molar refractivity (Wildman–Crippen MR) is 51.1 cm³/mol. The van der Waals surface area contributed by atoms with Crippen LogP contribution in [0.15, 0.2) is 6.20 Å². The molecule has 0 amide bonds. The molecule has 0 aliphatic rings. The Hall–Kier alpha value is -2.59. The molecule has 1 aromatic heterocycles. The van der Waals surface area contributed by atoms with Gasteiger partial charge in [-0.25, -0.2) is 4.79 Å². The first-order valence-electron chi connectivity index (χ1n) is 4.37. The third-order valence-electron chi connectivity index (χ3n) is 1.80. The van der Waals surface area contributed by atoms with Gasteiger partial charge in [0.25, 0.3) is 0 Å². The molecule has 1 N–H and O–H groups in total. The minimum atomic E-state index is -5.17. The molecule has 0 spiro atoms. The monoisotopic (exact) mass is 282 g/mol. The predicted octanol–water partition coefficient (Wildman–Crippen LogP) is 1.60. The first kappa shape index (κ1) is 14.5. The van der Waals surface area contributed by atoms with Crippen LogP contribution in [0, 0.1) is 10.1 Å². The molecule has 0 fully saturated rings. The zero-order valence-electron chi connectivity index (χ0n) is 9.09. The second-order valence-corrected chi connectivity index (χ2v) is 2.96. The van der Waals surface area contributed by atoms with Crippen LogP contribution in [-0.4, -0.2) is 34.5 Å². The zero-order valence-corrected chi connectivity index (χ0v) is 9.09. The number of carboxylic acids is 1. The van der Waals surface area contributed by atoms with Gasteiger partial charge in [-0.15, -0.1) is 13.2 Å². The number of halogens is 3. The highest BCUT2D eigenvalue weighted by Gasteiger charge is 2.37. The van der Waals surface area contributed by atoms with Crippen molar-refractivity contribution in [2.45, 2.75) is 6.36 Å². The van der Waals surface area contributed by atoms with Crippen molar-refractivity contribution in [2.24, 2.45) is 0 Å². The van der Waals surface area contributed by atoms with Crippen molar-refractivity contribution >= 4 is 11.8 Å². The van der Waals surface area contributed by atoms with Crippen LogP contribution < -0.4 is 9.47 Å². The SMILES string of the molecule is COc1c([N+](=O)[O-])ncc(OC(F)(F)F)c1C(=O)O. The first-order valence-corrected chi connectivity index (χ1v) is 4.37. The fraction of sp³-hybridized carbons (Fsp3) is 0.250. The average Bonchev–Trinajstić information content (AvgIpc) is 2.25. The largest absolute Gasteiger partial charge is 0.573 e. The third kappa shape index (κ3) is 3.20. The molecule has 1 rings (SSSR count). The summed E-state index contributed by atoms with van der Waals surface area (Å²) >= 11 is 0. The summed E-state index contributed by atoms with van der Waals surface area (Å²) in [7, 11) is 0.855. The van der Waals surface area contributed by atoms with Gasteiger partial charge in [0, 0.05) is 0 Å². The van der Waals surface area contributed by atoms with Crippen molar-refractivity contribution in [3.63, 3.8) is 0 Å². The van der Waals surface area contributed by atoms with E-state index in [1.54, 1.807) is 0 Å². The lowest BCUT2D eigenvalue weighted by atomic mass is 10.2. The van der Waals surface area contributed by atoms with Crippen LogP contribution in [0.3, 0.4) is 0 Å². The molecule has 19 heavy (non-hydrogen) atoms. The molecule has 0 saturated heterocycles. The van der Waals surface area contributed by atoms with Crippen molar-refractivity contribution < 1.29 is 37.5 Å². The lowest BCUT2D eigenvalue weighted by molar-refractivity contribution is -0.390. The van der Waals surface area contributed by atoms with Crippen molar-refractivity contribution in [3.8, 4) is 11.5 Å². The number of hydrogen-bond acceptors (Lipinski definition) is 6. The number of aromatic nitrogens is 1. The van der Waals surface area contributed by atoms with E-state index in [-0.39, 0.29) is 6.20 Å². The van der Waals surface area contributed by atoms with Gasteiger partial charge in [0.2, 0.25) is 5.75 Å². The minimum absolute atomic E-state index is 0.289. The highest BCUT2D eigenvalue weighted by Crippen LogP contribution is 2.37. The molecule has 1 aromatic rings. The molecule has 0 saturated carbocycles. The summed E-state index contributed by atoms with van der Waals surface area (Å²) in [6.07, 6.45) is -4.88. The van der Waals surface area contributed by atoms with Crippen molar-refractivity contribution in [1.82, 2.24) is 4.98 Å². The van der Waals surface area contributed by atoms with Gasteiger partial charge in [-0.1, -0.05) is 0 Å². The van der Waals surface area contributed by atoms with Gasteiger partial charge in [0.05, 0.1) is 7.11 Å². The average molecular weight is 282 g/mol. The fourth-order valence-corrected chi connectivity index (χ4v) is 1.19. The van der Waals surface area contributed by atoms with E-state index in [2.05, 4.69) is 14.5 Å². The topological polar surface area (TPSA) is 112 Å². The van der Waals surface area contributed by atoms with E-state index in [0.717, 1.165) is 7.11 Å². The summed E-state index contributed by atoms with van der Waals surface area (Å²) in [6.45, 7) is 0. The number of hydrogen-bond donors (Lipinski definition) is 1. The van der Waals surface area contributed by atoms with E-state index in [9.17, 15) is 28.1 Å². The molecule has 0 radical (unpaired) electrons. The number of nitro groups is 1. The Morgan fingerprint density at radius 1 is 1.53 bits per heavy atom. The summed E-state index contributed by atoms with van der Waals surface area (Å²) in [6, 6.07) is 0. The molecule has 0 unspecified atom stereocenters. The maximum absolute atomic E-state index is 12.1. The molecule has 0 aromatic carbocycles. The van der Waals surface area contributed by atoms with Gasteiger partial charge < -0.3 is 24.7 Å². The van der Waals surface area contributed by atoms with E-state index in [0.29, 0.717) is 0 Å². The number of methoxy groups -OCH3 is 1. The summed E-state index contributed by atoms with van der Waals surface area (Å²) < 4.78 is 44.0. The van der Waals surface area contributed by atoms with E-state index in [4.69, 9.17) is 5.11 Å². The minimum Gasteiger partial charge on any atom is -0.488 e. The van der Waals surface area contributed by atoms with E-state index < -0.39 is 40.1 Å². The van der Waals surface area contributed by atoms with Gasteiger partial charge in [0.15, 0.2) is 17.5 Å². The summed E-state index contributed by atoms with van der Waals surface area (Å²) in [5.41, 5.74) is -1.14. The third-order valence-corrected chi connectivity index (χ3v) is 1.80. The van der Waals surface area contributed by atoms with Gasteiger partial charge in [-0.3, -0.25) is 0 Å². The van der Waals surface area contributed by atoms with Crippen molar-refractivity contribution in [1.29, 1.82) is 0 Å². The van der Waals surface area contributed by atoms with Gasteiger partial charge in [-0.2, -0.15) is 0 Å². The number of carbonyl (C=O) groups is 1. The number of carboxylic acid groups (broad SMARTS) is 1. The molecular formula is C8H5F3N2O6. The van der Waals surface area contributed by atoms with Crippen LogP contribution in [0.25, 0.3) is 0 Å². The van der Waals surface area contributed by atoms with Crippen LogP contribution in [-0.2, 0) is 0 Å². The summed E-state index contributed by atoms with van der Waals surface area (Å²) in [5, 5.41) is 19.4. The second kappa shape index (κ2) is 4.96. The quantitative estimate of drug-likeness (QED) is 0.659. The van der Waals surface area contributed by atoms with Crippen molar-refractivity contribution in [2.75, 3.05) is 7.11 Å². The zero-order chi connectivity index (χ0) is 14.8. The fourth-order valence-electron chi connectivity index (χ4n) is 1.19. The molecule has 8 nitrogen and oxygen atoms in total. The number of pyridine rings is 1. The first-order chi connectivity index (χ1) is 8.67. The molecular weight excluding hydrogens is 277 g/mol. The Kier molecular flexibility index (Phi) is 3.77. The summed E-state index contributed by atoms with van der Waals surface area (Å²) in [5.74, 6) is -5.06. The van der Waals surface area contributed by atoms with Crippen LogP contribution in [0.1, 0.15) is 10.4 Å². The molecule has 1 heterocycles. The van der Waals surface area contributed by atoms with Crippen LogP contribution in [0.2, 0.25) is 0 Å². The molecule has 104 valence electrons. The molecule has 11 heteroatoms. The maximum Gasteiger partial charge on any atom is 0.573 e. The number of ether oxygens (including phenoxy) is 2. The molecule has 0 bridgehead atoms. The smallest absolute Gasteiger partial charge is 0.488 e. The Morgan fingerprint density at radius 3 is 2.47 bits per heavy atom. The lowest BCUT2D eigenvalue weighted by Gasteiger charge is -2.11. The maximum atomic E-state index is 12.1. The number of alkyl halides is 3. The number of rotatable bonds is 4. The Labute approximate surface area is 102 Å². The number of aromatic carboxylic acids is 1. The standard InChI is InChI=1S/C8H5F3N2O6/c1-18-5-4(7(14)15)3(19-8(9,10)11)2-12-6(5)13(16)17/h2H,1H3,(H,14,15). The van der Waals surface area contributed by atoms with Crippen LogP contribution >= 0.6 is 0 Å². The van der Waals surface area contributed by atoms with Crippen LogP contribution in [0.4, 0.5) is 19.0 Å². The number of nitrogens with zero attached hydrogens (tertiary/aromatic N) is 2. The molecule has 0 atom stereocenters. The second-order valence-electron chi connectivity index (χ2n) is 2.96. The Bertz CT molecular complexity index is 530. The Morgan fingerprint density at radius 2 is 2.11 bits per heavy atom. The highest BCUT2D eigenvalue weighted by molar-refractivity contribution is 5.95. The molecule has 0 aliphatic heterocycles. The highest BCUT2D eigenvalue weighted by atomic mass is 19.4. The van der Waals surface area contributed by atoms with Crippen LogP contribution in [0.5, 0.6) is 11.5 Å². The van der Waals surface area contributed by atoms with E-state index in [1.807, 2.05) is 0 Å². The van der Waals surface area contributed by atoms with Crippen molar-refractivity contribution in [3.05, 3.63) is 21.9 Å². The van der Waals surface area contributed by atoms with Gasteiger partial charge in [0.1, 0.15) is 0 Å². The van der Waals surface area contributed by atoms with Gasteiger partial charge >= 0.3 is 18.1 Å².